The lowest BCUT2D eigenvalue weighted by atomic mass is 10.1. The Morgan fingerprint density at radius 1 is 0.761 bits per heavy atom. The predicted octanol–water partition coefficient (Wildman–Crippen LogP) is 8.23. The number of benzene rings is 5. The average molecular weight is 648 g/mol. The molecule has 5 aromatic rings. The highest BCUT2D eigenvalue weighted by Crippen LogP contribution is 2.38. The van der Waals surface area contributed by atoms with Gasteiger partial charge in [0.2, 0.25) is 5.91 Å². The third kappa shape index (κ3) is 8.44. The van der Waals surface area contributed by atoms with Gasteiger partial charge in [-0.05, 0) is 65.7 Å². The fraction of sp³-hybridized carbons (Fsp3) is 0.0541. The molecule has 230 valence electrons. The van der Waals surface area contributed by atoms with Gasteiger partial charge < -0.3 is 20.7 Å². The van der Waals surface area contributed by atoms with Crippen molar-refractivity contribution in [2.75, 3.05) is 17.7 Å². The molecule has 0 aliphatic heterocycles. The van der Waals surface area contributed by atoms with E-state index in [2.05, 4.69) is 16.0 Å². The lowest BCUT2D eigenvalue weighted by molar-refractivity contribution is -0.116. The second-order valence-corrected chi connectivity index (χ2v) is 11.6. The van der Waals surface area contributed by atoms with E-state index in [4.69, 9.17) is 16.3 Å². The van der Waals surface area contributed by atoms with Crippen LogP contribution in [0.2, 0.25) is 5.02 Å². The van der Waals surface area contributed by atoms with Crippen LogP contribution in [0.1, 0.15) is 26.7 Å². The molecule has 9 heteroatoms. The van der Waals surface area contributed by atoms with Gasteiger partial charge in [-0.1, -0.05) is 96.5 Å². The van der Waals surface area contributed by atoms with E-state index < -0.39 is 17.1 Å². The third-order valence-electron chi connectivity index (χ3n) is 6.79. The van der Waals surface area contributed by atoms with Crippen LogP contribution >= 0.6 is 23.4 Å². The summed E-state index contributed by atoms with van der Waals surface area (Å²) < 4.78 is 5.42. The largest absolute Gasteiger partial charge is 0.495 e. The zero-order chi connectivity index (χ0) is 32.3. The molecule has 1 unspecified atom stereocenters. The molecule has 5 aromatic carbocycles. The zero-order valence-corrected chi connectivity index (χ0v) is 26.3. The number of rotatable bonds is 11. The van der Waals surface area contributed by atoms with E-state index in [1.54, 1.807) is 92.0 Å². The van der Waals surface area contributed by atoms with Crippen LogP contribution in [0.5, 0.6) is 5.75 Å². The van der Waals surface area contributed by atoms with Crippen molar-refractivity contribution in [3.05, 3.63) is 161 Å². The standard InChI is InChI=1S/C37H30ClN3O4S/c1-45-33-22-11-10-21-31(33)40-37(44)34(25-13-4-2-5-14-25)46-29-19-12-18-28(24-29)39-36(43)32(23-27-17-8-9-20-30(27)38)41-35(42)26-15-6-3-7-16-26/h2-24,34H,1H3,(H,39,43)(H,40,44)(H,41,42)/b32-23+. The highest BCUT2D eigenvalue weighted by Gasteiger charge is 2.24. The highest BCUT2D eigenvalue weighted by atomic mass is 35.5. The number of anilines is 2. The van der Waals surface area contributed by atoms with Crippen LogP contribution in [0.4, 0.5) is 11.4 Å². The van der Waals surface area contributed by atoms with E-state index >= 15 is 0 Å². The summed E-state index contributed by atoms with van der Waals surface area (Å²) in [7, 11) is 1.55. The molecular formula is C37H30ClN3O4S. The van der Waals surface area contributed by atoms with Gasteiger partial charge in [-0.15, -0.1) is 11.8 Å². The lowest BCUT2D eigenvalue weighted by Crippen LogP contribution is -2.30. The maximum absolute atomic E-state index is 13.6. The van der Waals surface area contributed by atoms with Crippen molar-refractivity contribution in [2.24, 2.45) is 0 Å². The number of carbonyl (C=O) groups is 3. The molecule has 0 aliphatic rings. The van der Waals surface area contributed by atoms with E-state index in [-0.39, 0.29) is 11.6 Å². The summed E-state index contributed by atoms with van der Waals surface area (Å²) in [6.07, 6.45) is 1.53. The van der Waals surface area contributed by atoms with Crippen LogP contribution < -0.4 is 20.7 Å². The van der Waals surface area contributed by atoms with Gasteiger partial charge in [-0.3, -0.25) is 14.4 Å². The van der Waals surface area contributed by atoms with E-state index in [9.17, 15) is 14.4 Å². The average Bonchev–Trinajstić information content (AvgIpc) is 3.09. The van der Waals surface area contributed by atoms with Gasteiger partial charge >= 0.3 is 0 Å². The number of hydrogen-bond donors (Lipinski definition) is 3. The number of thioether (sulfide) groups is 1. The van der Waals surface area contributed by atoms with E-state index in [1.165, 1.54) is 17.8 Å². The molecule has 7 nitrogen and oxygen atoms in total. The van der Waals surface area contributed by atoms with Crippen LogP contribution in [-0.4, -0.2) is 24.8 Å². The second kappa shape index (κ2) is 15.6. The molecular weight excluding hydrogens is 618 g/mol. The summed E-state index contributed by atoms with van der Waals surface area (Å²) in [5.41, 5.74) is 2.83. The number of halogens is 1. The Labute approximate surface area is 276 Å². The molecule has 0 heterocycles. The first kappa shape index (κ1) is 32.1. The van der Waals surface area contributed by atoms with Gasteiger partial charge in [0.05, 0.1) is 12.8 Å². The molecule has 0 aliphatic carbocycles. The SMILES string of the molecule is COc1ccccc1NC(=O)C(Sc1cccc(NC(=O)/C(=C\c2ccccc2Cl)NC(=O)c2ccccc2)c1)c1ccccc1. The second-order valence-electron chi connectivity index (χ2n) is 9.98. The number of ether oxygens (including phenoxy) is 1. The molecule has 0 radical (unpaired) electrons. The molecule has 0 spiro atoms. The van der Waals surface area contributed by atoms with Crippen LogP contribution in [0.3, 0.4) is 0 Å². The number of para-hydroxylation sites is 2. The lowest BCUT2D eigenvalue weighted by Gasteiger charge is -2.19. The minimum Gasteiger partial charge on any atom is -0.495 e. The Bertz CT molecular complexity index is 1870. The van der Waals surface area contributed by atoms with Gasteiger partial charge in [-0.25, -0.2) is 0 Å². The van der Waals surface area contributed by atoms with Crippen LogP contribution in [0.15, 0.2) is 144 Å². The molecule has 5 rings (SSSR count). The van der Waals surface area contributed by atoms with Gasteiger partial charge in [0.1, 0.15) is 16.7 Å². The van der Waals surface area contributed by atoms with Gasteiger partial charge in [0, 0.05) is 21.2 Å². The molecule has 0 aromatic heterocycles. The first-order chi connectivity index (χ1) is 22.4. The van der Waals surface area contributed by atoms with Crippen molar-refractivity contribution < 1.29 is 19.1 Å². The molecule has 1 atom stereocenters. The normalized spacial score (nSPS) is 11.7. The van der Waals surface area contributed by atoms with Gasteiger partial charge in [0.15, 0.2) is 0 Å². The van der Waals surface area contributed by atoms with E-state index in [1.807, 2.05) is 48.5 Å². The molecule has 0 saturated heterocycles. The highest BCUT2D eigenvalue weighted by molar-refractivity contribution is 8.00. The van der Waals surface area contributed by atoms with Gasteiger partial charge in [-0.2, -0.15) is 0 Å². The Morgan fingerprint density at radius 2 is 1.43 bits per heavy atom. The zero-order valence-electron chi connectivity index (χ0n) is 24.8. The van der Waals surface area contributed by atoms with Crippen molar-refractivity contribution in [3.63, 3.8) is 0 Å². The maximum atomic E-state index is 13.6. The number of methoxy groups -OCH3 is 1. The number of carbonyl (C=O) groups excluding carboxylic acids is 3. The summed E-state index contributed by atoms with van der Waals surface area (Å²) >= 11 is 7.71. The van der Waals surface area contributed by atoms with Gasteiger partial charge in [0.25, 0.3) is 11.8 Å². The van der Waals surface area contributed by atoms with Crippen molar-refractivity contribution in [1.82, 2.24) is 5.32 Å². The molecule has 0 saturated carbocycles. The van der Waals surface area contributed by atoms with Crippen LogP contribution in [-0.2, 0) is 9.59 Å². The molecule has 3 N–H and O–H groups in total. The summed E-state index contributed by atoms with van der Waals surface area (Å²) in [6, 6.07) is 39.5. The third-order valence-corrected chi connectivity index (χ3v) is 8.38. The fourth-order valence-corrected chi connectivity index (χ4v) is 5.79. The van der Waals surface area contributed by atoms with Crippen LogP contribution in [0.25, 0.3) is 6.08 Å². The van der Waals surface area contributed by atoms with Crippen LogP contribution in [0, 0.1) is 0 Å². The summed E-state index contributed by atoms with van der Waals surface area (Å²) in [4.78, 5) is 41.0. The molecule has 3 amide bonds. The smallest absolute Gasteiger partial charge is 0.272 e. The number of nitrogens with one attached hydrogen (secondary N) is 3. The quantitative estimate of drug-likeness (QED) is 0.0991. The summed E-state index contributed by atoms with van der Waals surface area (Å²) in [5.74, 6) is -0.661. The van der Waals surface area contributed by atoms with Crippen molar-refractivity contribution >= 4 is 58.5 Å². The van der Waals surface area contributed by atoms with Crippen molar-refractivity contribution in [1.29, 1.82) is 0 Å². The van der Waals surface area contributed by atoms with Crippen molar-refractivity contribution in [2.45, 2.75) is 10.1 Å². The van der Waals surface area contributed by atoms with E-state index in [0.29, 0.717) is 33.3 Å². The Morgan fingerprint density at radius 3 is 2.17 bits per heavy atom. The molecule has 0 bridgehead atoms. The minimum atomic E-state index is -0.613. The first-order valence-corrected chi connectivity index (χ1v) is 15.6. The monoisotopic (exact) mass is 647 g/mol. The topological polar surface area (TPSA) is 96.5 Å². The van der Waals surface area contributed by atoms with E-state index in [0.717, 1.165) is 10.5 Å². The Kier molecular flexibility index (Phi) is 10.9. The Balaban J connectivity index is 1.39. The first-order valence-electron chi connectivity index (χ1n) is 14.3. The summed E-state index contributed by atoms with van der Waals surface area (Å²) in [5, 5.41) is 8.41. The van der Waals surface area contributed by atoms with Crippen molar-refractivity contribution in [3.8, 4) is 5.75 Å². The number of hydrogen-bond acceptors (Lipinski definition) is 5. The maximum Gasteiger partial charge on any atom is 0.272 e. The number of amides is 3. The summed E-state index contributed by atoms with van der Waals surface area (Å²) in [6.45, 7) is 0. The Hall–Kier alpha value is -5.31. The minimum absolute atomic E-state index is 0.0124. The predicted molar refractivity (Wildman–Crippen MR) is 185 cm³/mol. The molecule has 46 heavy (non-hydrogen) atoms. The molecule has 0 fully saturated rings. The fourth-order valence-electron chi connectivity index (χ4n) is 4.52.